The minimum absolute atomic E-state index is 0.0332. The van der Waals surface area contributed by atoms with Crippen LogP contribution in [0.3, 0.4) is 0 Å². The van der Waals surface area contributed by atoms with Crippen molar-refractivity contribution >= 4 is 11.6 Å². The van der Waals surface area contributed by atoms with E-state index in [1.807, 2.05) is 37.6 Å². The molecule has 6 rings (SSSR count). The molecule has 0 aliphatic heterocycles. The zero-order valence-electron chi connectivity index (χ0n) is 25.7. The van der Waals surface area contributed by atoms with E-state index in [1.54, 1.807) is 0 Å². The summed E-state index contributed by atoms with van der Waals surface area (Å²) in [6.07, 6.45) is 13.3. The summed E-state index contributed by atoms with van der Waals surface area (Å²) in [7, 11) is 0. The highest BCUT2D eigenvalue weighted by Crippen LogP contribution is 2.74. The summed E-state index contributed by atoms with van der Waals surface area (Å²) in [4.78, 5) is 27.9. The minimum atomic E-state index is -0.636. The lowest BCUT2D eigenvalue weighted by Gasteiger charge is -2.69. The highest BCUT2D eigenvalue weighted by Gasteiger charge is 2.69. The first kappa shape index (κ1) is 27.6. The number of allylic oxidation sites excluding steroid dienone is 4. The first-order valence-electron chi connectivity index (χ1n) is 15.3. The van der Waals surface area contributed by atoms with Crippen molar-refractivity contribution in [1.29, 1.82) is 5.26 Å². The van der Waals surface area contributed by atoms with Gasteiger partial charge in [0.2, 0.25) is 0 Å². The van der Waals surface area contributed by atoms with Crippen LogP contribution in [0.5, 0.6) is 0 Å². The first-order chi connectivity index (χ1) is 18.5. The van der Waals surface area contributed by atoms with Crippen molar-refractivity contribution in [2.75, 3.05) is 0 Å². The van der Waals surface area contributed by atoms with Crippen molar-refractivity contribution in [3.8, 4) is 6.07 Å². The van der Waals surface area contributed by atoms with Gasteiger partial charge in [-0.3, -0.25) is 14.3 Å². The number of fused-ring (bicyclic) bond motifs is 7. The fraction of sp³-hybridized carbons (Fsp3) is 0.735. The zero-order chi connectivity index (χ0) is 29.1. The van der Waals surface area contributed by atoms with Gasteiger partial charge in [0.1, 0.15) is 6.07 Å². The third-order valence-electron chi connectivity index (χ3n) is 13.2. The van der Waals surface area contributed by atoms with Gasteiger partial charge in [-0.25, -0.2) is 0 Å². The Morgan fingerprint density at radius 1 is 1.02 bits per heavy atom. The average molecular weight is 543 g/mol. The lowest BCUT2D eigenvalue weighted by atomic mass is 9.34. The standard InChI is InChI=1S/C34H46N4O2/c1-21-19-38(37-36-21)20-34-13-11-29(2,3)17-23(34)27-24(39)15-26-31(6)16-22(18-35)28(40)30(4,5)25(31)9-10-32(26,7)33(27,8)12-14-34/h15-16,19,23,25,27H,9-14,17,20H2,1-8H3/t23-,25-,27-,31-,32+,33+,34+/m0/s1. The van der Waals surface area contributed by atoms with Crippen LogP contribution in [0, 0.1) is 68.5 Å². The van der Waals surface area contributed by atoms with Crippen LogP contribution >= 0.6 is 0 Å². The van der Waals surface area contributed by atoms with E-state index >= 15 is 0 Å². The minimum Gasteiger partial charge on any atom is -0.295 e. The van der Waals surface area contributed by atoms with Crippen molar-refractivity contribution in [1.82, 2.24) is 15.0 Å². The number of aryl methyl sites for hydroxylation is 1. The zero-order valence-corrected chi connectivity index (χ0v) is 25.7. The molecule has 0 amide bonds. The molecule has 0 spiro atoms. The fourth-order valence-electron chi connectivity index (χ4n) is 10.8. The lowest BCUT2D eigenvalue weighted by molar-refractivity contribution is -0.174. The van der Waals surface area contributed by atoms with E-state index in [4.69, 9.17) is 0 Å². The number of hydrogen-bond donors (Lipinski definition) is 0. The molecule has 3 saturated carbocycles. The Hall–Kier alpha value is -2.55. The Labute approximate surface area is 239 Å². The summed E-state index contributed by atoms with van der Waals surface area (Å²) < 4.78 is 2.03. The number of carbonyl (C=O) groups is 2. The quantitative estimate of drug-likeness (QED) is 0.410. The van der Waals surface area contributed by atoms with E-state index in [1.165, 1.54) is 5.57 Å². The van der Waals surface area contributed by atoms with Crippen LogP contribution in [0.1, 0.15) is 99.1 Å². The monoisotopic (exact) mass is 542 g/mol. The second-order valence-corrected chi connectivity index (χ2v) is 16.2. The number of carbonyl (C=O) groups excluding carboxylic acids is 2. The summed E-state index contributed by atoms with van der Waals surface area (Å²) >= 11 is 0. The van der Waals surface area contributed by atoms with Gasteiger partial charge in [-0.15, -0.1) is 5.10 Å². The molecule has 5 aliphatic carbocycles. The number of nitriles is 1. The van der Waals surface area contributed by atoms with E-state index < -0.39 is 10.8 Å². The Balaban J connectivity index is 1.50. The molecule has 5 aliphatic rings. The normalized spacial score (nSPS) is 43.3. The second-order valence-electron chi connectivity index (χ2n) is 16.2. The van der Waals surface area contributed by atoms with Gasteiger partial charge in [0, 0.05) is 29.5 Å². The van der Waals surface area contributed by atoms with Crippen LogP contribution in [-0.4, -0.2) is 26.6 Å². The average Bonchev–Trinajstić information content (AvgIpc) is 3.27. The summed E-state index contributed by atoms with van der Waals surface area (Å²) in [6.45, 7) is 18.6. The van der Waals surface area contributed by atoms with Crippen LogP contribution in [0.4, 0.5) is 0 Å². The van der Waals surface area contributed by atoms with Gasteiger partial charge in [-0.05, 0) is 91.4 Å². The summed E-state index contributed by atoms with van der Waals surface area (Å²) in [6, 6.07) is 2.21. The molecule has 6 heteroatoms. The predicted molar refractivity (Wildman–Crippen MR) is 154 cm³/mol. The van der Waals surface area contributed by atoms with Crippen LogP contribution < -0.4 is 0 Å². The summed E-state index contributed by atoms with van der Waals surface area (Å²) in [5.74, 6) is 0.519. The molecular formula is C34H46N4O2. The maximum Gasteiger partial charge on any atom is 0.178 e. The van der Waals surface area contributed by atoms with Gasteiger partial charge in [0.15, 0.2) is 11.6 Å². The predicted octanol–water partition coefficient (Wildman–Crippen LogP) is 6.81. The molecule has 0 unspecified atom stereocenters. The molecular weight excluding hydrogens is 496 g/mol. The molecule has 0 aromatic carbocycles. The van der Waals surface area contributed by atoms with Gasteiger partial charge < -0.3 is 0 Å². The molecule has 1 heterocycles. The topological polar surface area (TPSA) is 88.6 Å². The molecule has 1 aromatic heterocycles. The number of hydrogen-bond acceptors (Lipinski definition) is 5. The first-order valence-corrected chi connectivity index (χ1v) is 15.3. The molecule has 3 fully saturated rings. The second kappa shape index (κ2) is 8.26. The van der Waals surface area contributed by atoms with Gasteiger partial charge in [-0.1, -0.05) is 65.3 Å². The highest BCUT2D eigenvalue weighted by atomic mass is 16.1. The number of Topliss-reactive ketones (excluding diaryl/α,β-unsaturated/α-hetero) is 1. The van der Waals surface area contributed by atoms with Gasteiger partial charge >= 0.3 is 0 Å². The molecule has 214 valence electrons. The smallest absolute Gasteiger partial charge is 0.178 e. The molecule has 1 aromatic rings. The Kier molecular flexibility index (Phi) is 5.70. The number of aromatic nitrogens is 3. The van der Waals surface area contributed by atoms with Crippen molar-refractivity contribution < 1.29 is 9.59 Å². The SMILES string of the molecule is Cc1cn(C[C@]23CCC(C)(C)C[C@H]2[C@H]2C(=O)C=C4[C@@]5(C)C=C(C#N)C(=O)C(C)(C)[C@@H]5CC[C@@]4(C)[C@]2(C)CC3)nn1. The number of ketones is 2. The maximum absolute atomic E-state index is 14.6. The van der Waals surface area contributed by atoms with E-state index in [2.05, 4.69) is 57.2 Å². The summed E-state index contributed by atoms with van der Waals surface area (Å²) in [5.41, 5.74) is 1.10. The molecule has 0 N–H and O–H groups in total. The van der Waals surface area contributed by atoms with Crippen molar-refractivity contribution in [2.45, 2.75) is 107 Å². The third kappa shape index (κ3) is 3.45. The van der Waals surface area contributed by atoms with Crippen LogP contribution in [0.25, 0.3) is 0 Å². The molecule has 6 nitrogen and oxygen atoms in total. The number of rotatable bonds is 2. The third-order valence-corrected chi connectivity index (χ3v) is 13.2. The highest BCUT2D eigenvalue weighted by molar-refractivity contribution is 6.04. The Bertz CT molecular complexity index is 1410. The summed E-state index contributed by atoms with van der Waals surface area (Å²) in [5, 5.41) is 18.7. The van der Waals surface area contributed by atoms with E-state index in [9.17, 15) is 14.9 Å². The molecule has 0 bridgehead atoms. The maximum atomic E-state index is 14.6. The lowest BCUT2D eigenvalue weighted by Crippen LogP contribution is -2.65. The largest absolute Gasteiger partial charge is 0.295 e. The van der Waals surface area contributed by atoms with E-state index in [0.29, 0.717) is 0 Å². The molecule has 0 saturated heterocycles. The van der Waals surface area contributed by atoms with Gasteiger partial charge in [-0.2, -0.15) is 5.26 Å². The van der Waals surface area contributed by atoms with Gasteiger partial charge in [0.25, 0.3) is 0 Å². The fourth-order valence-corrected chi connectivity index (χ4v) is 10.8. The van der Waals surface area contributed by atoms with Crippen molar-refractivity contribution in [2.24, 2.45) is 50.2 Å². The van der Waals surface area contributed by atoms with Crippen LogP contribution in [0.2, 0.25) is 0 Å². The molecule has 0 radical (unpaired) electrons. The van der Waals surface area contributed by atoms with E-state index in [0.717, 1.165) is 57.2 Å². The molecule has 40 heavy (non-hydrogen) atoms. The molecule has 7 atom stereocenters. The van der Waals surface area contributed by atoms with Crippen molar-refractivity contribution in [3.05, 3.63) is 35.2 Å². The Morgan fingerprint density at radius 2 is 1.73 bits per heavy atom. The van der Waals surface area contributed by atoms with Crippen LogP contribution in [0.15, 0.2) is 29.5 Å². The van der Waals surface area contributed by atoms with Crippen molar-refractivity contribution in [3.63, 3.8) is 0 Å². The Morgan fingerprint density at radius 3 is 2.38 bits per heavy atom. The van der Waals surface area contributed by atoms with Gasteiger partial charge in [0.05, 0.1) is 11.3 Å². The van der Waals surface area contributed by atoms with E-state index in [-0.39, 0.29) is 56.6 Å². The van der Waals surface area contributed by atoms with Crippen LogP contribution in [-0.2, 0) is 16.1 Å². The number of nitrogens with zero attached hydrogens (tertiary/aromatic N) is 4.